The first-order chi connectivity index (χ1) is 10.4. The molecule has 5 nitrogen and oxygen atoms in total. The van der Waals surface area contributed by atoms with Crippen LogP contribution in [0.15, 0.2) is 47.1 Å². The molecule has 3 rings (SSSR count). The highest BCUT2D eigenvalue weighted by molar-refractivity contribution is 5.74. The number of benzene rings is 1. The predicted molar refractivity (Wildman–Crippen MR) is 80.7 cm³/mol. The van der Waals surface area contributed by atoms with Crippen molar-refractivity contribution in [3.63, 3.8) is 0 Å². The van der Waals surface area contributed by atoms with Crippen LogP contribution in [0.5, 0.6) is 0 Å². The lowest BCUT2D eigenvalue weighted by Gasteiger charge is -2.05. The topological polar surface area (TPSA) is 63.2 Å². The molecule has 0 amide bonds. The summed E-state index contributed by atoms with van der Waals surface area (Å²) in [5.74, 6) is 1.46. The van der Waals surface area contributed by atoms with Gasteiger partial charge in [-0.3, -0.25) is 0 Å². The zero-order chi connectivity index (χ0) is 14.5. The quantitative estimate of drug-likeness (QED) is 0.654. The van der Waals surface area contributed by atoms with Crippen LogP contribution in [0.1, 0.15) is 17.9 Å². The third-order valence-electron chi connectivity index (χ3n) is 3.45. The summed E-state index contributed by atoms with van der Waals surface area (Å²) in [6.45, 7) is 2.48. The number of furan rings is 1. The summed E-state index contributed by atoms with van der Waals surface area (Å²) in [6, 6.07) is 11.9. The van der Waals surface area contributed by atoms with Crippen LogP contribution in [0.3, 0.4) is 0 Å². The molecule has 1 aromatic carbocycles. The first kappa shape index (κ1) is 13.9. The predicted octanol–water partition coefficient (Wildman–Crippen LogP) is 2.30. The summed E-state index contributed by atoms with van der Waals surface area (Å²) in [5, 5.41) is 12.3. The Balaban J connectivity index is 1.44. The number of aliphatic hydroxyl groups is 1. The third-order valence-corrected chi connectivity index (χ3v) is 3.45. The number of aryl methyl sites for hydroxylation is 1. The first-order valence-corrected chi connectivity index (χ1v) is 7.16. The van der Waals surface area contributed by atoms with E-state index < -0.39 is 0 Å². The Labute approximate surface area is 123 Å². The van der Waals surface area contributed by atoms with Crippen LogP contribution >= 0.6 is 0 Å². The highest BCUT2D eigenvalue weighted by atomic mass is 16.4. The molecule has 2 aromatic heterocycles. The minimum absolute atomic E-state index is 0.0479. The fraction of sp³-hybridized carbons (Fsp3) is 0.312. The third kappa shape index (κ3) is 3.32. The normalized spacial score (nSPS) is 11.3. The van der Waals surface area contributed by atoms with Gasteiger partial charge in [0, 0.05) is 6.54 Å². The van der Waals surface area contributed by atoms with Gasteiger partial charge in [-0.05, 0) is 37.2 Å². The zero-order valence-corrected chi connectivity index (χ0v) is 11.8. The number of hydrogen-bond acceptors (Lipinski definition) is 4. The van der Waals surface area contributed by atoms with Gasteiger partial charge in [0.1, 0.15) is 18.1 Å². The van der Waals surface area contributed by atoms with Gasteiger partial charge >= 0.3 is 0 Å². The Morgan fingerprint density at radius 1 is 1.14 bits per heavy atom. The summed E-state index contributed by atoms with van der Waals surface area (Å²) < 4.78 is 7.59. The second-order valence-corrected chi connectivity index (χ2v) is 4.98. The highest BCUT2D eigenvalue weighted by Gasteiger charge is 2.02. The van der Waals surface area contributed by atoms with Crippen LogP contribution in [0.25, 0.3) is 11.0 Å². The molecule has 0 fully saturated rings. The number of fused-ring (bicyclic) bond motifs is 1. The van der Waals surface area contributed by atoms with Crippen molar-refractivity contribution in [2.45, 2.75) is 26.1 Å². The van der Waals surface area contributed by atoms with E-state index in [0.717, 1.165) is 30.8 Å². The average molecular weight is 285 g/mol. The Morgan fingerprint density at radius 2 is 2.00 bits per heavy atom. The van der Waals surface area contributed by atoms with Crippen LogP contribution in [0.4, 0.5) is 0 Å². The fourth-order valence-corrected chi connectivity index (χ4v) is 2.38. The van der Waals surface area contributed by atoms with Gasteiger partial charge in [-0.1, -0.05) is 12.1 Å². The molecule has 0 bridgehead atoms. The van der Waals surface area contributed by atoms with Gasteiger partial charge in [0.05, 0.1) is 23.9 Å². The monoisotopic (exact) mass is 285 g/mol. The highest BCUT2D eigenvalue weighted by Crippen LogP contribution is 2.12. The molecular formula is C16H19N3O2. The van der Waals surface area contributed by atoms with Crippen molar-refractivity contribution in [1.29, 1.82) is 0 Å². The van der Waals surface area contributed by atoms with Crippen LogP contribution < -0.4 is 5.32 Å². The number of aliphatic hydroxyl groups excluding tert-OH is 1. The smallest absolute Gasteiger partial charge is 0.129 e. The molecule has 3 aromatic rings. The molecule has 110 valence electrons. The first-order valence-electron chi connectivity index (χ1n) is 7.16. The molecule has 0 saturated carbocycles. The van der Waals surface area contributed by atoms with E-state index in [0.29, 0.717) is 12.3 Å². The Bertz CT molecular complexity index is 702. The number of nitrogens with zero attached hydrogens (tertiary/aromatic N) is 2. The van der Waals surface area contributed by atoms with Crippen LogP contribution in [0, 0.1) is 0 Å². The molecule has 5 heteroatoms. The maximum absolute atomic E-state index is 8.93. The summed E-state index contributed by atoms with van der Waals surface area (Å²) in [6.07, 6.45) is 2.92. The SMILES string of the molecule is OCc1ccc(CNCCCn2cnc3ccccc32)o1. The molecule has 21 heavy (non-hydrogen) atoms. The number of imidazole rings is 1. The van der Waals surface area contributed by atoms with E-state index in [-0.39, 0.29) is 6.61 Å². The molecule has 0 atom stereocenters. The van der Waals surface area contributed by atoms with E-state index in [9.17, 15) is 0 Å². The molecule has 2 N–H and O–H groups in total. The number of aromatic nitrogens is 2. The van der Waals surface area contributed by atoms with Crippen LogP contribution in [-0.4, -0.2) is 21.2 Å². The summed E-state index contributed by atoms with van der Waals surface area (Å²) in [7, 11) is 0. The second kappa shape index (κ2) is 6.56. The van der Waals surface area contributed by atoms with Gasteiger partial charge in [-0.15, -0.1) is 0 Å². The van der Waals surface area contributed by atoms with Gasteiger partial charge in [-0.2, -0.15) is 0 Å². The minimum atomic E-state index is -0.0479. The van der Waals surface area contributed by atoms with Gasteiger partial charge in [0.2, 0.25) is 0 Å². The molecule has 2 heterocycles. The van der Waals surface area contributed by atoms with Crippen molar-refractivity contribution >= 4 is 11.0 Å². The summed E-state index contributed by atoms with van der Waals surface area (Å²) in [4.78, 5) is 4.38. The molecule has 0 spiro atoms. The van der Waals surface area contributed by atoms with Crippen molar-refractivity contribution in [3.05, 3.63) is 54.2 Å². The van der Waals surface area contributed by atoms with E-state index in [1.54, 1.807) is 6.07 Å². The van der Waals surface area contributed by atoms with E-state index in [4.69, 9.17) is 9.52 Å². The molecule has 0 aliphatic carbocycles. The van der Waals surface area contributed by atoms with Crippen molar-refractivity contribution in [3.8, 4) is 0 Å². The lowest BCUT2D eigenvalue weighted by molar-refractivity contribution is 0.242. The number of rotatable bonds is 7. The fourth-order valence-electron chi connectivity index (χ4n) is 2.38. The van der Waals surface area contributed by atoms with Crippen LogP contribution in [0.2, 0.25) is 0 Å². The number of nitrogens with one attached hydrogen (secondary N) is 1. The molecular weight excluding hydrogens is 266 g/mol. The average Bonchev–Trinajstić information content (AvgIpc) is 3.14. The molecule has 0 unspecified atom stereocenters. The van der Waals surface area contributed by atoms with Crippen LogP contribution in [-0.2, 0) is 19.7 Å². The van der Waals surface area contributed by atoms with E-state index in [2.05, 4.69) is 20.9 Å². The van der Waals surface area contributed by atoms with Gasteiger partial charge in [0.25, 0.3) is 0 Å². The minimum Gasteiger partial charge on any atom is -0.462 e. The van der Waals surface area contributed by atoms with Crippen molar-refractivity contribution < 1.29 is 9.52 Å². The number of hydrogen-bond donors (Lipinski definition) is 2. The Hall–Kier alpha value is -2.11. The molecule has 0 aliphatic rings. The second-order valence-electron chi connectivity index (χ2n) is 4.98. The summed E-state index contributed by atoms with van der Waals surface area (Å²) in [5.41, 5.74) is 2.22. The molecule has 0 radical (unpaired) electrons. The summed E-state index contributed by atoms with van der Waals surface area (Å²) >= 11 is 0. The van der Waals surface area contributed by atoms with E-state index in [1.165, 1.54) is 5.52 Å². The molecule has 0 saturated heterocycles. The van der Waals surface area contributed by atoms with Crippen molar-refractivity contribution in [1.82, 2.24) is 14.9 Å². The van der Waals surface area contributed by atoms with Gasteiger partial charge in [-0.25, -0.2) is 4.98 Å². The van der Waals surface area contributed by atoms with Gasteiger partial charge < -0.3 is 19.4 Å². The zero-order valence-electron chi connectivity index (χ0n) is 11.8. The Kier molecular flexibility index (Phi) is 4.33. The largest absolute Gasteiger partial charge is 0.462 e. The number of para-hydroxylation sites is 2. The van der Waals surface area contributed by atoms with Gasteiger partial charge in [0.15, 0.2) is 0 Å². The lowest BCUT2D eigenvalue weighted by Crippen LogP contribution is -2.16. The lowest BCUT2D eigenvalue weighted by atomic mass is 10.3. The van der Waals surface area contributed by atoms with Crippen molar-refractivity contribution in [2.75, 3.05) is 6.54 Å². The van der Waals surface area contributed by atoms with Crippen molar-refractivity contribution in [2.24, 2.45) is 0 Å². The standard InChI is InChI=1S/C16H19N3O2/c20-11-14-7-6-13(21-14)10-17-8-3-9-19-12-18-15-4-1-2-5-16(15)19/h1-2,4-7,12,17,20H,3,8-11H2. The van der Waals surface area contributed by atoms with E-state index in [1.807, 2.05) is 30.6 Å². The van der Waals surface area contributed by atoms with E-state index >= 15 is 0 Å². The Morgan fingerprint density at radius 3 is 2.86 bits per heavy atom. The maximum atomic E-state index is 8.93. The maximum Gasteiger partial charge on any atom is 0.129 e. The molecule has 0 aliphatic heterocycles.